The summed E-state index contributed by atoms with van der Waals surface area (Å²) in [7, 11) is 0. The summed E-state index contributed by atoms with van der Waals surface area (Å²) in [5.74, 6) is 0.456. The van der Waals surface area contributed by atoms with E-state index < -0.39 is 5.97 Å². The molecule has 0 saturated carbocycles. The molecule has 6 heteroatoms. The molecule has 152 valence electrons. The highest BCUT2D eigenvalue weighted by Gasteiger charge is 2.16. The topological polar surface area (TPSA) is 73.9 Å². The van der Waals surface area contributed by atoms with E-state index in [-0.39, 0.29) is 19.3 Å². The fourth-order valence-electron chi connectivity index (χ4n) is 3.20. The Hall–Kier alpha value is -3.80. The van der Waals surface area contributed by atoms with Crippen molar-refractivity contribution in [3.8, 4) is 11.5 Å². The van der Waals surface area contributed by atoms with Crippen molar-refractivity contribution >= 4 is 11.9 Å². The molecule has 6 nitrogen and oxygen atoms in total. The van der Waals surface area contributed by atoms with E-state index in [1.54, 1.807) is 18.2 Å². The second-order valence-electron chi connectivity index (χ2n) is 6.86. The predicted molar refractivity (Wildman–Crippen MR) is 110 cm³/mol. The number of ether oxygens (including phenoxy) is 3. The first-order valence-corrected chi connectivity index (χ1v) is 9.63. The maximum absolute atomic E-state index is 12.5. The third-order valence-corrected chi connectivity index (χ3v) is 4.74. The van der Waals surface area contributed by atoms with Gasteiger partial charge in [0, 0.05) is 6.54 Å². The van der Waals surface area contributed by atoms with Gasteiger partial charge in [0.15, 0.2) is 18.1 Å². The lowest BCUT2D eigenvalue weighted by Gasteiger charge is -2.10. The normalized spacial score (nSPS) is 11.7. The van der Waals surface area contributed by atoms with Crippen LogP contribution in [0.15, 0.2) is 72.8 Å². The monoisotopic (exact) mass is 403 g/mol. The van der Waals surface area contributed by atoms with Crippen LogP contribution in [0.1, 0.15) is 27.0 Å². The zero-order valence-electron chi connectivity index (χ0n) is 16.3. The smallest absolute Gasteiger partial charge is 0.338 e. The van der Waals surface area contributed by atoms with Crippen LogP contribution in [0.4, 0.5) is 0 Å². The van der Waals surface area contributed by atoms with Gasteiger partial charge < -0.3 is 19.5 Å². The number of carbonyl (C=O) groups is 2. The Kier molecular flexibility index (Phi) is 5.94. The van der Waals surface area contributed by atoms with Gasteiger partial charge in [-0.1, -0.05) is 54.6 Å². The van der Waals surface area contributed by atoms with E-state index in [4.69, 9.17) is 14.2 Å². The number of nitrogens with one attached hydrogen (secondary N) is 1. The minimum Gasteiger partial charge on any atom is -0.454 e. The molecule has 30 heavy (non-hydrogen) atoms. The van der Waals surface area contributed by atoms with Crippen molar-refractivity contribution in [2.45, 2.75) is 13.0 Å². The molecule has 3 aromatic carbocycles. The van der Waals surface area contributed by atoms with E-state index in [9.17, 15) is 9.59 Å². The first-order valence-electron chi connectivity index (χ1n) is 9.63. The molecule has 0 saturated heterocycles. The third-order valence-electron chi connectivity index (χ3n) is 4.74. The molecule has 0 unspecified atom stereocenters. The maximum atomic E-state index is 12.5. The van der Waals surface area contributed by atoms with Crippen molar-refractivity contribution in [3.05, 3.63) is 95.1 Å². The van der Waals surface area contributed by atoms with Gasteiger partial charge in [-0.2, -0.15) is 0 Å². The molecular weight excluding hydrogens is 382 g/mol. The number of benzene rings is 3. The average molecular weight is 403 g/mol. The average Bonchev–Trinajstić information content (AvgIpc) is 3.25. The van der Waals surface area contributed by atoms with E-state index >= 15 is 0 Å². The Labute approximate surface area is 174 Å². The number of amides is 1. The van der Waals surface area contributed by atoms with Crippen LogP contribution in [0.5, 0.6) is 11.5 Å². The van der Waals surface area contributed by atoms with E-state index in [2.05, 4.69) is 5.32 Å². The number of rotatable bonds is 7. The van der Waals surface area contributed by atoms with Gasteiger partial charge in [0.1, 0.15) is 0 Å². The van der Waals surface area contributed by atoms with E-state index in [0.29, 0.717) is 30.0 Å². The lowest BCUT2D eigenvalue weighted by atomic mass is 10.00. The zero-order chi connectivity index (χ0) is 20.8. The standard InChI is InChI=1S/C24H21NO5/c26-23(25-14-18-10-11-21-22(13-18)30-16-29-21)15-28-24(27)20-9-5-4-8-19(20)12-17-6-2-1-3-7-17/h1-11,13H,12,14-16H2,(H,25,26). The van der Waals surface area contributed by atoms with Crippen LogP contribution in [0.2, 0.25) is 0 Å². The highest BCUT2D eigenvalue weighted by Crippen LogP contribution is 2.32. The van der Waals surface area contributed by atoms with Crippen LogP contribution in [0.3, 0.4) is 0 Å². The fraction of sp³-hybridized carbons (Fsp3) is 0.167. The van der Waals surface area contributed by atoms with Gasteiger partial charge in [-0.3, -0.25) is 4.79 Å². The Bertz CT molecular complexity index is 1050. The molecule has 0 atom stereocenters. The van der Waals surface area contributed by atoms with Gasteiger partial charge in [0.2, 0.25) is 6.79 Å². The molecule has 0 aliphatic carbocycles. The number of hydrogen-bond acceptors (Lipinski definition) is 5. The molecule has 0 radical (unpaired) electrons. The summed E-state index contributed by atoms with van der Waals surface area (Å²) < 4.78 is 15.8. The Morgan fingerprint density at radius 2 is 1.63 bits per heavy atom. The number of hydrogen-bond donors (Lipinski definition) is 1. The summed E-state index contributed by atoms with van der Waals surface area (Å²) in [5, 5.41) is 2.74. The molecule has 0 bridgehead atoms. The van der Waals surface area contributed by atoms with Crippen molar-refractivity contribution in [3.63, 3.8) is 0 Å². The second kappa shape index (κ2) is 9.13. The van der Waals surface area contributed by atoms with E-state index in [1.807, 2.05) is 54.6 Å². The number of carbonyl (C=O) groups excluding carboxylic acids is 2. The summed E-state index contributed by atoms with van der Waals surface area (Å²) >= 11 is 0. The lowest BCUT2D eigenvalue weighted by molar-refractivity contribution is -0.124. The molecule has 1 aliphatic rings. The van der Waals surface area contributed by atoms with Crippen LogP contribution < -0.4 is 14.8 Å². The fourth-order valence-corrected chi connectivity index (χ4v) is 3.20. The van der Waals surface area contributed by atoms with Gasteiger partial charge in [-0.25, -0.2) is 4.79 Å². The van der Waals surface area contributed by atoms with Crippen molar-refractivity contribution in [1.82, 2.24) is 5.32 Å². The summed E-state index contributed by atoms with van der Waals surface area (Å²) in [6.07, 6.45) is 0.614. The summed E-state index contributed by atoms with van der Waals surface area (Å²) in [5.41, 5.74) is 3.28. The summed E-state index contributed by atoms with van der Waals surface area (Å²) in [6.45, 7) is 0.160. The molecule has 0 fully saturated rings. The maximum Gasteiger partial charge on any atom is 0.338 e. The van der Waals surface area contributed by atoms with Crippen molar-refractivity contribution in [1.29, 1.82) is 0 Å². The largest absolute Gasteiger partial charge is 0.454 e. The minimum absolute atomic E-state index is 0.201. The number of esters is 1. The van der Waals surface area contributed by atoms with Gasteiger partial charge in [0.25, 0.3) is 5.91 Å². The Balaban J connectivity index is 1.30. The summed E-state index contributed by atoms with van der Waals surface area (Å²) in [4.78, 5) is 24.6. The first kappa shape index (κ1) is 19.5. The Morgan fingerprint density at radius 3 is 2.50 bits per heavy atom. The lowest BCUT2D eigenvalue weighted by Crippen LogP contribution is -2.28. The molecule has 3 aromatic rings. The quantitative estimate of drug-likeness (QED) is 0.612. The molecule has 1 aliphatic heterocycles. The van der Waals surface area contributed by atoms with Crippen molar-refractivity contribution in [2.75, 3.05) is 13.4 Å². The van der Waals surface area contributed by atoms with Crippen LogP contribution in [-0.4, -0.2) is 25.3 Å². The van der Waals surface area contributed by atoms with Crippen LogP contribution in [-0.2, 0) is 22.5 Å². The van der Waals surface area contributed by atoms with Gasteiger partial charge in [0.05, 0.1) is 5.56 Å². The third kappa shape index (κ3) is 4.78. The molecule has 1 heterocycles. The molecule has 4 rings (SSSR count). The van der Waals surface area contributed by atoms with E-state index in [1.165, 1.54) is 0 Å². The van der Waals surface area contributed by atoms with Gasteiger partial charge >= 0.3 is 5.97 Å². The molecule has 0 aromatic heterocycles. The van der Waals surface area contributed by atoms with Crippen LogP contribution in [0, 0.1) is 0 Å². The molecular formula is C24H21NO5. The number of fused-ring (bicyclic) bond motifs is 1. The van der Waals surface area contributed by atoms with Crippen LogP contribution >= 0.6 is 0 Å². The highest BCUT2D eigenvalue weighted by molar-refractivity contribution is 5.92. The predicted octanol–water partition coefficient (Wildman–Crippen LogP) is 3.48. The van der Waals surface area contributed by atoms with Crippen LogP contribution in [0.25, 0.3) is 0 Å². The zero-order valence-corrected chi connectivity index (χ0v) is 16.3. The minimum atomic E-state index is -0.514. The highest BCUT2D eigenvalue weighted by atomic mass is 16.7. The van der Waals surface area contributed by atoms with Gasteiger partial charge in [-0.15, -0.1) is 0 Å². The van der Waals surface area contributed by atoms with Crippen molar-refractivity contribution in [2.24, 2.45) is 0 Å². The second-order valence-corrected chi connectivity index (χ2v) is 6.86. The molecule has 1 N–H and O–H groups in total. The molecule has 1 amide bonds. The van der Waals surface area contributed by atoms with Gasteiger partial charge in [-0.05, 0) is 41.3 Å². The SMILES string of the molecule is O=C(COC(=O)c1ccccc1Cc1ccccc1)NCc1ccc2c(c1)OCO2. The van der Waals surface area contributed by atoms with Crippen molar-refractivity contribution < 1.29 is 23.8 Å². The first-order chi connectivity index (χ1) is 14.7. The summed E-state index contributed by atoms with van der Waals surface area (Å²) in [6, 6.07) is 22.6. The van der Waals surface area contributed by atoms with E-state index in [0.717, 1.165) is 16.7 Å². The molecule has 0 spiro atoms. The Morgan fingerprint density at radius 1 is 0.867 bits per heavy atom.